The standard InChI is InChI=1S/C15H24N2O3/c1-3-19-8-9-20-13-6-4-12(5-7-13)15-11(2)14(10-18)16-17-15/h4-7,11,14-18H,3,8-10H2,1-2H3. The summed E-state index contributed by atoms with van der Waals surface area (Å²) in [6.45, 7) is 6.14. The van der Waals surface area contributed by atoms with Crippen LogP contribution in [0.3, 0.4) is 0 Å². The van der Waals surface area contributed by atoms with Crippen molar-refractivity contribution < 1.29 is 14.6 Å². The van der Waals surface area contributed by atoms with Gasteiger partial charge in [-0.3, -0.25) is 5.43 Å². The average Bonchev–Trinajstić information content (AvgIpc) is 2.85. The molecular weight excluding hydrogens is 256 g/mol. The maximum absolute atomic E-state index is 9.25. The summed E-state index contributed by atoms with van der Waals surface area (Å²) in [6, 6.07) is 8.38. The molecule has 0 aromatic heterocycles. The lowest BCUT2D eigenvalue weighted by atomic mass is 9.91. The second-order valence-corrected chi connectivity index (χ2v) is 5.03. The first-order valence-corrected chi connectivity index (χ1v) is 7.18. The molecule has 3 N–H and O–H groups in total. The molecule has 1 aliphatic rings. The van der Waals surface area contributed by atoms with Crippen LogP contribution in [-0.4, -0.2) is 37.6 Å². The molecule has 1 heterocycles. The zero-order valence-corrected chi connectivity index (χ0v) is 12.1. The van der Waals surface area contributed by atoms with Crippen molar-refractivity contribution in [3.63, 3.8) is 0 Å². The van der Waals surface area contributed by atoms with E-state index in [4.69, 9.17) is 9.47 Å². The molecule has 0 radical (unpaired) electrons. The molecule has 0 aliphatic carbocycles. The molecule has 5 nitrogen and oxygen atoms in total. The Morgan fingerprint density at radius 1 is 1.15 bits per heavy atom. The van der Waals surface area contributed by atoms with E-state index in [1.165, 1.54) is 5.56 Å². The van der Waals surface area contributed by atoms with E-state index in [0.717, 1.165) is 5.75 Å². The van der Waals surface area contributed by atoms with Crippen LogP contribution in [-0.2, 0) is 4.74 Å². The summed E-state index contributed by atoms with van der Waals surface area (Å²) in [7, 11) is 0. The van der Waals surface area contributed by atoms with E-state index >= 15 is 0 Å². The lowest BCUT2D eigenvalue weighted by Crippen LogP contribution is -2.34. The molecule has 5 heteroatoms. The maximum Gasteiger partial charge on any atom is 0.119 e. The highest BCUT2D eigenvalue weighted by Gasteiger charge is 2.32. The average molecular weight is 280 g/mol. The van der Waals surface area contributed by atoms with Crippen molar-refractivity contribution in [1.29, 1.82) is 0 Å². The molecule has 3 atom stereocenters. The van der Waals surface area contributed by atoms with E-state index < -0.39 is 0 Å². The topological polar surface area (TPSA) is 62.8 Å². The summed E-state index contributed by atoms with van der Waals surface area (Å²) in [4.78, 5) is 0. The minimum absolute atomic E-state index is 0.0992. The van der Waals surface area contributed by atoms with Gasteiger partial charge in [-0.25, -0.2) is 5.43 Å². The van der Waals surface area contributed by atoms with Crippen LogP contribution in [0, 0.1) is 5.92 Å². The molecule has 1 aliphatic heterocycles. The third kappa shape index (κ3) is 3.70. The van der Waals surface area contributed by atoms with E-state index in [2.05, 4.69) is 29.9 Å². The van der Waals surface area contributed by atoms with Crippen molar-refractivity contribution in [2.75, 3.05) is 26.4 Å². The predicted octanol–water partition coefficient (Wildman–Crippen LogP) is 1.25. The largest absolute Gasteiger partial charge is 0.491 e. The Morgan fingerprint density at radius 3 is 2.50 bits per heavy atom. The normalized spacial score (nSPS) is 25.9. The van der Waals surface area contributed by atoms with Crippen LogP contribution in [0.2, 0.25) is 0 Å². The Labute approximate surface area is 120 Å². The first-order chi connectivity index (χ1) is 9.76. The number of aliphatic hydroxyl groups excluding tert-OH is 1. The van der Waals surface area contributed by atoms with Crippen LogP contribution in [0.15, 0.2) is 24.3 Å². The molecule has 3 unspecified atom stereocenters. The third-order valence-electron chi connectivity index (χ3n) is 3.72. The number of hydrazine groups is 1. The van der Waals surface area contributed by atoms with E-state index in [1.807, 2.05) is 19.1 Å². The monoisotopic (exact) mass is 280 g/mol. The van der Waals surface area contributed by atoms with E-state index in [-0.39, 0.29) is 18.7 Å². The zero-order valence-electron chi connectivity index (χ0n) is 12.1. The fourth-order valence-corrected chi connectivity index (χ4v) is 2.42. The summed E-state index contributed by atoms with van der Waals surface area (Å²) in [5, 5.41) is 9.25. The van der Waals surface area contributed by atoms with Gasteiger partial charge in [0.05, 0.1) is 19.3 Å². The van der Waals surface area contributed by atoms with Crippen molar-refractivity contribution in [2.45, 2.75) is 25.9 Å². The van der Waals surface area contributed by atoms with Crippen LogP contribution >= 0.6 is 0 Å². The molecule has 112 valence electrons. The summed E-state index contributed by atoms with van der Waals surface area (Å²) in [6.07, 6.45) is 0. The van der Waals surface area contributed by atoms with Crippen LogP contribution in [0.4, 0.5) is 0 Å². The molecule has 0 spiro atoms. The van der Waals surface area contributed by atoms with E-state index in [0.29, 0.717) is 25.7 Å². The van der Waals surface area contributed by atoms with Crippen molar-refractivity contribution in [3.05, 3.63) is 29.8 Å². The zero-order chi connectivity index (χ0) is 14.4. The number of rotatable bonds is 7. The number of ether oxygens (including phenoxy) is 2. The van der Waals surface area contributed by atoms with Gasteiger partial charge in [0, 0.05) is 12.6 Å². The summed E-state index contributed by atoms with van der Waals surface area (Å²) in [5.74, 6) is 1.19. The summed E-state index contributed by atoms with van der Waals surface area (Å²) < 4.78 is 10.8. The lowest BCUT2D eigenvalue weighted by molar-refractivity contribution is 0.110. The van der Waals surface area contributed by atoms with Crippen LogP contribution in [0.25, 0.3) is 0 Å². The Bertz CT molecular complexity index is 397. The van der Waals surface area contributed by atoms with Gasteiger partial charge in [-0.15, -0.1) is 0 Å². The second-order valence-electron chi connectivity index (χ2n) is 5.03. The van der Waals surface area contributed by atoms with Crippen molar-refractivity contribution in [3.8, 4) is 5.75 Å². The Balaban J connectivity index is 1.88. The Hall–Kier alpha value is -1.14. The molecule has 0 amide bonds. The van der Waals surface area contributed by atoms with Crippen molar-refractivity contribution in [1.82, 2.24) is 10.9 Å². The van der Waals surface area contributed by atoms with Crippen molar-refractivity contribution >= 4 is 0 Å². The maximum atomic E-state index is 9.25. The number of hydrogen-bond donors (Lipinski definition) is 3. The van der Waals surface area contributed by atoms with Gasteiger partial charge in [0.2, 0.25) is 0 Å². The molecule has 1 fully saturated rings. The lowest BCUT2D eigenvalue weighted by Gasteiger charge is -2.17. The number of hydrogen-bond acceptors (Lipinski definition) is 5. The first-order valence-electron chi connectivity index (χ1n) is 7.18. The molecular formula is C15H24N2O3. The number of aliphatic hydroxyl groups is 1. The van der Waals surface area contributed by atoms with E-state index in [9.17, 15) is 5.11 Å². The number of benzene rings is 1. The number of nitrogens with one attached hydrogen (secondary N) is 2. The molecule has 0 saturated carbocycles. The van der Waals surface area contributed by atoms with Crippen LogP contribution in [0.5, 0.6) is 5.75 Å². The van der Waals surface area contributed by atoms with Crippen LogP contribution in [0.1, 0.15) is 25.5 Å². The molecule has 20 heavy (non-hydrogen) atoms. The second kappa shape index (κ2) is 7.59. The Morgan fingerprint density at radius 2 is 1.90 bits per heavy atom. The van der Waals surface area contributed by atoms with Gasteiger partial charge in [-0.2, -0.15) is 0 Å². The van der Waals surface area contributed by atoms with Gasteiger partial charge in [-0.05, 0) is 30.5 Å². The minimum atomic E-state index is 0.0992. The predicted molar refractivity (Wildman–Crippen MR) is 77.5 cm³/mol. The van der Waals surface area contributed by atoms with Gasteiger partial charge < -0.3 is 14.6 Å². The van der Waals surface area contributed by atoms with Crippen LogP contribution < -0.4 is 15.6 Å². The van der Waals surface area contributed by atoms with Gasteiger partial charge in [0.15, 0.2) is 0 Å². The fraction of sp³-hybridized carbons (Fsp3) is 0.600. The van der Waals surface area contributed by atoms with Gasteiger partial charge in [0.1, 0.15) is 12.4 Å². The fourth-order valence-electron chi connectivity index (χ4n) is 2.42. The smallest absolute Gasteiger partial charge is 0.119 e. The highest BCUT2D eigenvalue weighted by molar-refractivity contribution is 5.30. The quantitative estimate of drug-likeness (QED) is 0.656. The van der Waals surface area contributed by atoms with Crippen molar-refractivity contribution in [2.24, 2.45) is 5.92 Å². The molecule has 0 bridgehead atoms. The molecule has 1 saturated heterocycles. The minimum Gasteiger partial charge on any atom is -0.491 e. The first kappa shape index (κ1) is 15.3. The Kier molecular flexibility index (Phi) is 5.79. The summed E-state index contributed by atoms with van der Waals surface area (Å²) >= 11 is 0. The highest BCUT2D eigenvalue weighted by Crippen LogP contribution is 2.29. The SMILES string of the molecule is CCOCCOc1ccc(C2NNC(CO)C2C)cc1. The highest BCUT2D eigenvalue weighted by atomic mass is 16.5. The molecule has 2 rings (SSSR count). The van der Waals surface area contributed by atoms with Gasteiger partial charge in [-0.1, -0.05) is 19.1 Å². The van der Waals surface area contributed by atoms with E-state index in [1.54, 1.807) is 0 Å². The molecule has 1 aromatic rings. The molecule has 1 aromatic carbocycles. The summed E-state index contributed by atoms with van der Waals surface area (Å²) in [5.41, 5.74) is 7.54. The van der Waals surface area contributed by atoms with Gasteiger partial charge >= 0.3 is 0 Å². The van der Waals surface area contributed by atoms with Gasteiger partial charge in [0.25, 0.3) is 0 Å². The third-order valence-corrected chi connectivity index (χ3v) is 3.72.